The van der Waals surface area contributed by atoms with Crippen molar-refractivity contribution < 1.29 is 30.6 Å². The fraction of sp³-hybridized carbons (Fsp3) is 0.600. The van der Waals surface area contributed by atoms with Crippen LogP contribution < -0.4 is 0 Å². The lowest BCUT2D eigenvalue weighted by Gasteiger charge is -2.34. The fourth-order valence-corrected chi connectivity index (χ4v) is 5.16. The van der Waals surface area contributed by atoms with E-state index in [4.69, 9.17) is 5.11 Å². The van der Waals surface area contributed by atoms with Gasteiger partial charge in [0.15, 0.2) is 0 Å². The number of aliphatic hydroxyl groups is 6. The van der Waals surface area contributed by atoms with Crippen LogP contribution >= 0.6 is 0 Å². The third-order valence-corrected chi connectivity index (χ3v) is 7.15. The molecule has 0 amide bonds. The largest absolute Gasteiger partial charge is 0.394 e. The topological polar surface area (TPSA) is 121 Å². The van der Waals surface area contributed by atoms with Crippen LogP contribution in [-0.2, 0) is 25.7 Å². The molecule has 0 aromatic heterocycles. The van der Waals surface area contributed by atoms with E-state index in [-0.39, 0.29) is 11.8 Å². The highest BCUT2D eigenvalue weighted by Gasteiger charge is 2.38. The van der Waals surface area contributed by atoms with Gasteiger partial charge in [0, 0.05) is 0 Å². The van der Waals surface area contributed by atoms with Crippen LogP contribution in [0.1, 0.15) is 62.3 Å². The molecule has 0 aliphatic carbocycles. The summed E-state index contributed by atoms with van der Waals surface area (Å²) in [5.41, 5.74) is 4.91. The van der Waals surface area contributed by atoms with Gasteiger partial charge >= 0.3 is 0 Å². The molecule has 0 radical (unpaired) electrons. The molecule has 202 valence electrons. The maximum atomic E-state index is 11.2. The summed E-state index contributed by atoms with van der Waals surface area (Å²) >= 11 is 0. The van der Waals surface area contributed by atoms with E-state index in [1.165, 1.54) is 16.7 Å². The quantitative estimate of drug-likeness (QED) is 0.210. The van der Waals surface area contributed by atoms with Gasteiger partial charge in [-0.2, -0.15) is 0 Å². The van der Waals surface area contributed by atoms with Crippen molar-refractivity contribution in [3.8, 4) is 0 Å². The summed E-state index contributed by atoms with van der Waals surface area (Å²) in [6.45, 7) is 5.65. The predicted octanol–water partition coefficient (Wildman–Crippen LogP) is 2.82. The van der Waals surface area contributed by atoms with Gasteiger partial charge in [0.05, 0.1) is 12.7 Å². The predicted molar refractivity (Wildman–Crippen MR) is 143 cm³/mol. The molecule has 0 saturated heterocycles. The number of rotatable bonds is 16. The molecule has 0 heterocycles. The van der Waals surface area contributed by atoms with Crippen molar-refractivity contribution in [1.29, 1.82) is 0 Å². The molecule has 0 spiro atoms. The van der Waals surface area contributed by atoms with Gasteiger partial charge in [-0.1, -0.05) is 82.1 Å². The third-order valence-electron chi connectivity index (χ3n) is 7.15. The van der Waals surface area contributed by atoms with Crippen molar-refractivity contribution >= 4 is 0 Å². The minimum absolute atomic E-state index is 0.193. The lowest BCUT2D eigenvalue weighted by atomic mass is 9.79. The summed E-state index contributed by atoms with van der Waals surface area (Å²) in [4.78, 5) is 0. The summed E-state index contributed by atoms with van der Waals surface area (Å²) < 4.78 is 0. The Bertz CT molecular complexity index is 887. The molecule has 0 saturated carbocycles. The van der Waals surface area contributed by atoms with Crippen LogP contribution in [0.15, 0.2) is 48.5 Å². The van der Waals surface area contributed by atoms with E-state index in [0.29, 0.717) is 12.8 Å². The smallest absolute Gasteiger partial charge is 0.111 e. The minimum Gasteiger partial charge on any atom is -0.394 e. The maximum Gasteiger partial charge on any atom is 0.111 e. The monoisotopic (exact) mass is 502 g/mol. The molecule has 0 fully saturated rings. The van der Waals surface area contributed by atoms with Gasteiger partial charge in [0.1, 0.15) is 24.4 Å². The fourth-order valence-electron chi connectivity index (χ4n) is 5.16. The van der Waals surface area contributed by atoms with Crippen LogP contribution in [0.3, 0.4) is 0 Å². The van der Waals surface area contributed by atoms with Gasteiger partial charge in [-0.05, 0) is 66.2 Å². The molecule has 7 atom stereocenters. The average Bonchev–Trinajstić information content (AvgIpc) is 2.88. The van der Waals surface area contributed by atoms with Crippen molar-refractivity contribution in [2.45, 2.75) is 96.2 Å². The van der Waals surface area contributed by atoms with Gasteiger partial charge in [-0.3, -0.25) is 0 Å². The Hall–Kier alpha value is -1.80. The van der Waals surface area contributed by atoms with E-state index in [1.54, 1.807) is 0 Å². The van der Waals surface area contributed by atoms with Crippen LogP contribution in [-0.4, -0.2) is 67.8 Å². The van der Waals surface area contributed by atoms with Crippen LogP contribution in [0.2, 0.25) is 0 Å². The van der Waals surface area contributed by atoms with Crippen LogP contribution in [0.4, 0.5) is 0 Å². The van der Waals surface area contributed by atoms with Crippen molar-refractivity contribution in [1.82, 2.24) is 0 Å². The standard InChI is InChI=1S/C30H46O6/c1-4-10-21-12-6-8-14-23(21)16-20(3)17-25(18-24-15-9-7-13-22(24)11-5-2)27(33)29(35)30(36)28(34)26(32)19-31/h6-9,12-15,20,25-36H,4-5,10-11,16-19H2,1-3H3/t20?,25?,26-,27?,28+,29+,30-/m0/s1. The second kappa shape index (κ2) is 15.5. The molecule has 6 heteroatoms. The number of benzene rings is 2. The van der Waals surface area contributed by atoms with Crippen molar-refractivity contribution in [3.63, 3.8) is 0 Å². The minimum atomic E-state index is -1.80. The Morgan fingerprint density at radius 3 is 1.53 bits per heavy atom. The summed E-state index contributed by atoms with van der Waals surface area (Å²) in [6, 6.07) is 16.5. The van der Waals surface area contributed by atoms with Gasteiger partial charge in [-0.15, -0.1) is 0 Å². The number of aliphatic hydroxyl groups excluding tert-OH is 6. The van der Waals surface area contributed by atoms with E-state index in [2.05, 4.69) is 45.0 Å². The Morgan fingerprint density at radius 2 is 1.06 bits per heavy atom. The molecule has 2 rings (SSSR count). The SMILES string of the molecule is CCCc1ccccc1CC(C)CC(Cc1ccccc1CCC)C(O)[C@@H](O)[C@@H](O)[C@H](O)[C@@H](O)CO. The Labute approximate surface area is 216 Å². The van der Waals surface area contributed by atoms with E-state index < -0.39 is 37.1 Å². The molecule has 0 aliphatic rings. The molecule has 2 aromatic carbocycles. The summed E-state index contributed by atoms with van der Waals surface area (Å²) in [6.07, 6.45) is -2.27. The number of aryl methyl sites for hydroxylation is 2. The normalized spacial score (nSPS) is 17.7. The Kier molecular flexibility index (Phi) is 13.1. The zero-order valence-corrected chi connectivity index (χ0v) is 22.0. The molecule has 6 nitrogen and oxygen atoms in total. The third kappa shape index (κ3) is 8.65. The highest BCUT2D eigenvalue weighted by Crippen LogP contribution is 2.29. The Morgan fingerprint density at radius 1 is 0.611 bits per heavy atom. The van der Waals surface area contributed by atoms with Gasteiger partial charge in [-0.25, -0.2) is 0 Å². The second-order valence-electron chi connectivity index (χ2n) is 10.3. The van der Waals surface area contributed by atoms with E-state index in [0.717, 1.165) is 37.7 Å². The molecule has 2 aromatic rings. The van der Waals surface area contributed by atoms with Gasteiger partial charge in [0.2, 0.25) is 0 Å². The molecule has 0 bridgehead atoms. The lowest BCUT2D eigenvalue weighted by Crippen LogP contribution is -2.52. The van der Waals surface area contributed by atoms with Crippen molar-refractivity contribution in [2.75, 3.05) is 6.61 Å². The van der Waals surface area contributed by atoms with Crippen LogP contribution in [0, 0.1) is 11.8 Å². The van der Waals surface area contributed by atoms with Gasteiger partial charge < -0.3 is 30.6 Å². The highest BCUT2D eigenvalue weighted by molar-refractivity contribution is 5.29. The summed E-state index contributed by atoms with van der Waals surface area (Å²) in [7, 11) is 0. The Balaban J connectivity index is 2.28. The molecule has 36 heavy (non-hydrogen) atoms. The number of hydrogen-bond acceptors (Lipinski definition) is 6. The van der Waals surface area contributed by atoms with Gasteiger partial charge in [0.25, 0.3) is 0 Å². The first kappa shape index (κ1) is 30.4. The van der Waals surface area contributed by atoms with Crippen LogP contribution in [0.5, 0.6) is 0 Å². The second-order valence-corrected chi connectivity index (χ2v) is 10.3. The molecular formula is C30H46O6. The summed E-state index contributed by atoms with van der Waals surface area (Å²) in [5.74, 6) is -0.197. The summed E-state index contributed by atoms with van der Waals surface area (Å²) in [5, 5.41) is 61.4. The molecular weight excluding hydrogens is 456 g/mol. The highest BCUT2D eigenvalue weighted by atomic mass is 16.4. The maximum absolute atomic E-state index is 11.2. The van der Waals surface area contributed by atoms with Crippen molar-refractivity contribution in [2.24, 2.45) is 11.8 Å². The molecule has 3 unspecified atom stereocenters. The molecule has 6 N–H and O–H groups in total. The van der Waals surface area contributed by atoms with Crippen LogP contribution in [0.25, 0.3) is 0 Å². The first-order valence-corrected chi connectivity index (χ1v) is 13.4. The zero-order valence-electron chi connectivity index (χ0n) is 22.0. The number of hydrogen-bond donors (Lipinski definition) is 6. The lowest BCUT2D eigenvalue weighted by molar-refractivity contribution is -0.149. The first-order valence-electron chi connectivity index (χ1n) is 13.4. The molecule has 0 aliphatic heterocycles. The van der Waals surface area contributed by atoms with E-state index in [1.807, 2.05) is 24.3 Å². The zero-order chi connectivity index (χ0) is 26.7. The van der Waals surface area contributed by atoms with E-state index >= 15 is 0 Å². The first-order chi connectivity index (χ1) is 17.2. The van der Waals surface area contributed by atoms with E-state index in [9.17, 15) is 25.5 Å². The average molecular weight is 503 g/mol. The van der Waals surface area contributed by atoms with Crippen molar-refractivity contribution in [3.05, 3.63) is 70.8 Å².